The molecule has 0 aliphatic heterocycles. The fourth-order valence-corrected chi connectivity index (χ4v) is 19.1. The van der Waals surface area contributed by atoms with Crippen molar-refractivity contribution in [2.24, 2.45) is 0 Å². The highest BCUT2D eigenvalue weighted by Crippen LogP contribution is 2.53. The van der Waals surface area contributed by atoms with E-state index in [1.807, 2.05) is 0 Å². The van der Waals surface area contributed by atoms with E-state index in [1.54, 1.807) is 22.7 Å². The van der Waals surface area contributed by atoms with E-state index in [4.69, 9.17) is 29.9 Å². The van der Waals surface area contributed by atoms with Crippen molar-refractivity contribution in [1.29, 1.82) is 0 Å². The molecule has 0 bridgehead atoms. The molecule has 0 fully saturated rings. The van der Waals surface area contributed by atoms with Gasteiger partial charge in [0.15, 0.2) is 34.9 Å². The lowest BCUT2D eigenvalue weighted by Gasteiger charge is -2.21. The van der Waals surface area contributed by atoms with Crippen LogP contribution in [0.5, 0.6) is 0 Å². The molecule has 0 radical (unpaired) electrons. The van der Waals surface area contributed by atoms with Crippen molar-refractivity contribution >= 4 is 95.3 Å². The predicted octanol–water partition coefficient (Wildman–Crippen LogP) is 26.9. The molecule has 1 aliphatic carbocycles. The van der Waals surface area contributed by atoms with Gasteiger partial charge in [-0.15, -0.1) is 22.7 Å². The number of hydrogen-bond donors (Lipinski definition) is 0. The fraction of sp³-hybridized carbons (Fsp3) is 0.0303. The summed E-state index contributed by atoms with van der Waals surface area (Å²) in [6.07, 6.45) is 0. The Balaban J connectivity index is 0.764. The van der Waals surface area contributed by atoms with Gasteiger partial charge < -0.3 is 0 Å². The van der Waals surface area contributed by atoms with Crippen molar-refractivity contribution in [3.63, 3.8) is 0 Å². The lowest BCUT2D eigenvalue weighted by atomic mass is 9.82. The van der Waals surface area contributed by atoms with E-state index in [-0.39, 0.29) is 5.41 Å². The van der Waals surface area contributed by atoms with Gasteiger partial charge in [-0.25, -0.2) is 29.9 Å². The van der Waals surface area contributed by atoms with Crippen molar-refractivity contribution in [2.45, 2.75) is 19.3 Å². The van der Waals surface area contributed by atoms with Crippen LogP contribution in [0, 0.1) is 0 Å². The molecule has 0 saturated carbocycles. The second-order valence-corrected chi connectivity index (χ2v) is 30.4. The summed E-state index contributed by atoms with van der Waals surface area (Å²) < 4.78 is 4.61. The number of hydrogen-bond acceptors (Lipinski definition) is 8. The molecule has 4 aromatic heterocycles. The first-order valence-corrected chi connectivity index (χ1v) is 37.9. The zero-order valence-electron chi connectivity index (χ0n) is 58.3. The summed E-state index contributed by atoms with van der Waals surface area (Å²) in [7, 11) is 0. The summed E-state index contributed by atoms with van der Waals surface area (Å²) in [6.45, 7) is 4.65. The van der Waals surface area contributed by atoms with E-state index >= 15 is 0 Å². The standard InChI is InChI=1S/C99H62N6S2/c1-99(2)85-43-19-16-38-77(85)89-79(41-24-44-86(89)99)96-102-95(75-51-47-62(59-25-6-3-7-26-59)56-82(75)61-29-10-5-11-30-61)104-98(105-96)81-54-53-67(90-78-39-18-21-46-88(78)107-92(81)90)64-31-22-32-65(55-64)83-57-63(60-27-8-4-9-28-60)48-52-76(83)94-100-93(101-97(103-94)80-42-23-40-74-73-37-17-20-45-87(73)106-91(74)80)66-49-50-72-70-35-13-12-33-68(70)69-34-14-15-36-71(69)84(72)58-66/h3-58H,1-2H3. The average molecular weight is 1400 g/mol. The van der Waals surface area contributed by atoms with Crippen molar-refractivity contribution in [3.05, 3.63) is 351 Å². The largest absolute Gasteiger partial charge is 0.208 e. The summed E-state index contributed by atoms with van der Waals surface area (Å²) in [5.74, 6) is 3.60. The van der Waals surface area contributed by atoms with Gasteiger partial charge in [0.25, 0.3) is 0 Å². The molecule has 0 atom stereocenters. The van der Waals surface area contributed by atoms with Crippen molar-refractivity contribution < 1.29 is 0 Å². The predicted molar refractivity (Wildman–Crippen MR) is 449 cm³/mol. The van der Waals surface area contributed by atoms with Gasteiger partial charge >= 0.3 is 0 Å². The van der Waals surface area contributed by atoms with Gasteiger partial charge in [-0.1, -0.05) is 293 Å². The van der Waals surface area contributed by atoms with Crippen molar-refractivity contribution in [3.8, 4) is 135 Å². The number of fused-ring (bicyclic) bond motifs is 15. The molecule has 6 nitrogen and oxygen atoms in total. The lowest BCUT2D eigenvalue weighted by Crippen LogP contribution is -2.14. The van der Waals surface area contributed by atoms with Crippen molar-refractivity contribution in [2.75, 3.05) is 0 Å². The second kappa shape index (κ2) is 25.0. The van der Waals surface area contributed by atoms with Gasteiger partial charge in [-0.05, 0) is 171 Å². The molecule has 0 unspecified atom stereocenters. The number of rotatable bonds is 11. The molecule has 500 valence electrons. The van der Waals surface area contributed by atoms with E-state index < -0.39 is 0 Å². The highest BCUT2D eigenvalue weighted by Gasteiger charge is 2.37. The third-order valence-corrected chi connectivity index (χ3v) is 24.3. The van der Waals surface area contributed by atoms with Crippen LogP contribution in [0.25, 0.3) is 208 Å². The normalized spacial score (nSPS) is 12.5. The molecule has 0 N–H and O–H groups in total. The van der Waals surface area contributed by atoms with Crippen LogP contribution < -0.4 is 0 Å². The van der Waals surface area contributed by atoms with Gasteiger partial charge in [-0.2, -0.15) is 0 Å². The fourth-order valence-electron chi connectivity index (χ4n) is 16.7. The van der Waals surface area contributed by atoms with Gasteiger partial charge in [0, 0.05) is 79.1 Å². The van der Waals surface area contributed by atoms with Crippen LogP contribution in [-0.2, 0) is 5.41 Å². The van der Waals surface area contributed by atoms with Crippen LogP contribution in [0.15, 0.2) is 340 Å². The third kappa shape index (κ3) is 10.3. The molecule has 8 heteroatoms. The first kappa shape index (κ1) is 62.3. The SMILES string of the molecule is CC1(C)c2ccccc2-c2c(-c3nc(-c4ccc(-c5ccccc5)cc4-c4ccccc4)nc(-c4ccc(-c5cccc(-c6cc(-c7ccccc7)ccc6-c6nc(-c7ccc8c9ccccc9c9ccccc9c8c7)nc(-c7cccc8c7sc7ccccc78)n6)c5)c5c4sc4ccccc45)n3)cccc21. The first-order valence-electron chi connectivity index (χ1n) is 36.3. The van der Waals surface area contributed by atoms with Gasteiger partial charge in [0.1, 0.15) is 0 Å². The van der Waals surface area contributed by atoms with Crippen LogP contribution >= 0.6 is 22.7 Å². The van der Waals surface area contributed by atoms with Gasteiger partial charge in [0.05, 0.1) is 0 Å². The van der Waals surface area contributed by atoms with E-state index in [0.717, 1.165) is 120 Å². The minimum atomic E-state index is -0.238. The zero-order chi connectivity index (χ0) is 70.8. The maximum absolute atomic E-state index is 5.69. The number of thiophene rings is 2. The summed E-state index contributed by atoms with van der Waals surface area (Å²) in [5, 5.41) is 11.9. The molecule has 16 aromatic carbocycles. The quantitative estimate of drug-likeness (QED) is 0.120. The molecule has 20 aromatic rings. The maximum atomic E-state index is 5.69. The second-order valence-electron chi connectivity index (χ2n) is 28.3. The molecule has 1 aliphatic rings. The zero-order valence-corrected chi connectivity index (χ0v) is 60.0. The van der Waals surface area contributed by atoms with Crippen LogP contribution in [0.1, 0.15) is 25.0 Å². The third-order valence-electron chi connectivity index (χ3n) is 21.8. The molecular formula is C99H62N6S2. The lowest BCUT2D eigenvalue weighted by molar-refractivity contribution is 0.660. The van der Waals surface area contributed by atoms with E-state index in [2.05, 4.69) is 354 Å². The Morgan fingerprint density at radius 1 is 0.206 bits per heavy atom. The van der Waals surface area contributed by atoms with Crippen LogP contribution in [0.2, 0.25) is 0 Å². The highest BCUT2D eigenvalue weighted by atomic mass is 32.1. The number of benzene rings is 16. The minimum Gasteiger partial charge on any atom is -0.208 e. The highest BCUT2D eigenvalue weighted by molar-refractivity contribution is 7.26. The molecule has 4 heterocycles. The Morgan fingerprint density at radius 2 is 0.598 bits per heavy atom. The van der Waals surface area contributed by atoms with Crippen LogP contribution in [-0.4, -0.2) is 29.9 Å². The Bertz CT molecular complexity index is 7000. The van der Waals surface area contributed by atoms with E-state index in [9.17, 15) is 0 Å². The molecule has 0 spiro atoms. The number of aromatic nitrogens is 6. The average Bonchev–Trinajstić information content (AvgIpc) is 1.68. The van der Waals surface area contributed by atoms with Gasteiger partial charge in [0.2, 0.25) is 0 Å². The summed E-state index contributed by atoms with van der Waals surface area (Å²) >= 11 is 3.57. The monoisotopic (exact) mass is 1400 g/mol. The molecule has 0 amide bonds. The molecular weight excluding hydrogens is 1340 g/mol. The van der Waals surface area contributed by atoms with E-state index in [0.29, 0.717) is 34.9 Å². The molecule has 21 rings (SSSR count). The van der Waals surface area contributed by atoms with Gasteiger partial charge in [-0.3, -0.25) is 0 Å². The molecule has 0 saturated heterocycles. The van der Waals surface area contributed by atoms with E-state index in [1.165, 1.54) is 63.8 Å². The Hall–Kier alpha value is -13.2. The number of nitrogens with zero attached hydrogens (tertiary/aromatic N) is 6. The minimum absolute atomic E-state index is 0.238. The topological polar surface area (TPSA) is 77.3 Å². The Labute approximate surface area is 626 Å². The summed E-state index contributed by atoms with van der Waals surface area (Å²) in [6, 6.07) is 123. The smallest absolute Gasteiger partial charge is 0.165 e. The summed E-state index contributed by atoms with van der Waals surface area (Å²) in [4.78, 5) is 33.8. The first-order chi connectivity index (χ1) is 52.8. The Morgan fingerprint density at radius 3 is 1.24 bits per heavy atom. The van der Waals surface area contributed by atoms with Crippen LogP contribution in [0.3, 0.4) is 0 Å². The maximum Gasteiger partial charge on any atom is 0.165 e. The Kier molecular flexibility index (Phi) is 14.6. The van der Waals surface area contributed by atoms with Crippen molar-refractivity contribution in [1.82, 2.24) is 29.9 Å². The summed E-state index contributed by atoms with van der Waals surface area (Å²) in [5.41, 5.74) is 21.0. The molecule has 107 heavy (non-hydrogen) atoms. The van der Waals surface area contributed by atoms with Crippen LogP contribution in [0.4, 0.5) is 0 Å².